The summed E-state index contributed by atoms with van der Waals surface area (Å²) in [6, 6.07) is -0.669. The summed E-state index contributed by atoms with van der Waals surface area (Å²) in [5, 5.41) is 0. The van der Waals surface area contributed by atoms with E-state index in [1.54, 1.807) is 0 Å². The summed E-state index contributed by atoms with van der Waals surface area (Å²) < 4.78 is 30.3. The fraction of sp³-hybridized carbons (Fsp3) is 0.600. The summed E-state index contributed by atoms with van der Waals surface area (Å²) >= 11 is 1.39. The number of hydrogen-bond acceptors (Lipinski definition) is 5. The maximum atomic E-state index is 12.5. The number of hydrogen-bond donors (Lipinski definition) is 1. The number of nitrogens with two attached hydrogens (primary N) is 1. The van der Waals surface area contributed by atoms with Gasteiger partial charge in [0.05, 0.1) is 12.9 Å². The normalized spacial score (nSPS) is 12.7. The van der Waals surface area contributed by atoms with Crippen LogP contribution < -0.4 is 5.73 Å². The number of ether oxygens (including phenoxy) is 1. The van der Waals surface area contributed by atoms with Crippen LogP contribution in [0, 0.1) is 0 Å². The smallest absolute Gasteiger partial charge is 0.322 e. The summed E-state index contributed by atoms with van der Waals surface area (Å²) in [4.78, 5) is 14.9. The minimum Gasteiger partial charge on any atom is -0.468 e. The van der Waals surface area contributed by atoms with Crippen molar-refractivity contribution in [3.63, 3.8) is 0 Å². The standard InChI is InChI=1S/C10H15F2N3O2S/c1-17-9(16)7(13)2-5-18-6-8-14-3-4-15(8)10(11)12/h3-4,7,10H,2,5-6,13H2,1H3. The summed E-state index contributed by atoms with van der Waals surface area (Å²) in [5.41, 5.74) is 5.54. The first kappa shape index (κ1) is 14.9. The molecule has 0 fully saturated rings. The Labute approximate surface area is 108 Å². The highest BCUT2D eigenvalue weighted by Crippen LogP contribution is 2.17. The fourth-order valence-corrected chi connectivity index (χ4v) is 2.25. The number of alkyl halides is 2. The first-order valence-corrected chi connectivity index (χ1v) is 6.42. The van der Waals surface area contributed by atoms with Gasteiger partial charge in [-0.3, -0.25) is 9.36 Å². The van der Waals surface area contributed by atoms with Crippen LogP contribution in [0.1, 0.15) is 18.8 Å². The van der Waals surface area contributed by atoms with E-state index >= 15 is 0 Å². The molecule has 0 bridgehead atoms. The van der Waals surface area contributed by atoms with Crippen LogP contribution in [-0.4, -0.2) is 34.4 Å². The van der Waals surface area contributed by atoms with Gasteiger partial charge in [-0.1, -0.05) is 0 Å². The summed E-state index contributed by atoms with van der Waals surface area (Å²) in [7, 11) is 1.27. The van der Waals surface area contributed by atoms with Gasteiger partial charge in [0.2, 0.25) is 0 Å². The lowest BCUT2D eigenvalue weighted by molar-refractivity contribution is -0.142. The van der Waals surface area contributed by atoms with E-state index in [1.807, 2.05) is 0 Å². The molecule has 0 aromatic carbocycles. The molecule has 1 aromatic heterocycles. The van der Waals surface area contributed by atoms with Crippen molar-refractivity contribution in [3.05, 3.63) is 18.2 Å². The zero-order valence-electron chi connectivity index (χ0n) is 9.88. The van der Waals surface area contributed by atoms with Gasteiger partial charge in [-0.05, 0) is 12.2 Å². The third-order valence-electron chi connectivity index (χ3n) is 2.27. The van der Waals surface area contributed by atoms with E-state index in [2.05, 4.69) is 9.72 Å². The maximum Gasteiger partial charge on any atom is 0.322 e. The van der Waals surface area contributed by atoms with E-state index in [0.29, 0.717) is 23.8 Å². The van der Waals surface area contributed by atoms with Crippen LogP contribution in [-0.2, 0) is 15.3 Å². The number of carbonyl (C=O) groups is 1. The van der Waals surface area contributed by atoms with E-state index in [0.717, 1.165) is 4.57 Å². The number of esters is 1. The lowest BCUT2D eigenvalue weighted by Crippen LogP contribution is -2.32. The quantitative estimate of drug-likeness (QED) is 0.603. The fourth-order valence-electron chi connectivity index (χ4n) is 1.28. The second kappa shape index (κ2) is 7.32. The molecule has 1 unspecified atom stereocenters. The SMILES string of the molecule is COC(=O)C(N)CCSCc1nccn1C(F)F. The molecule has 102 valence electrons. The second-order valence-corrected chi connectivity index (χ2v) is 4.60. The van der Waals surface area contributed by atoms with E-state index in [4.69, 9.17) is 5.73 Å². The predicted octanol–water partition coefficient (Wildman–Crippen LogP) is 1.40. The molecular formula is C10H15F2N3O2S. The Morgan fingerprint density at radius 3 is 3.00 bits per heavy atom. The topological polar surface area (TPSA) is 70.1 Å². The Morgan fingerprint density at radius 1 is 1.67 bits per heavy atom. The summed E-state index contributed by atoms with van der Waals surface area (Å²) in [6.45, 7) is -2.58. The number of methoxy groups -OCH3 is 1. The zero-order chi connectivity index (χ0) is 13.5. The van der Waals surface area contributed by atoms with Crippen LogP contribution in [0.15, 0.2) is 12.4 Å². The van der Waals surface area contributed by atoms with Gasteiger partial charge in [-0.15, -0.1) is 0 Å². The summed E-state index contributed by atoms with van der Waals surface area (Å²) in [5.74, 6) is 0.767. The van der Waals surface area contributed by atoms with E-state index in [9.17, 15) is 13.6 Å². The first-order chi connectivity index (χ1) is 8.56. The van der Waals surface area contributed by atoms with Crippen LogP contribution in [0.5, 0.6) is 0 Å². The van der Waals surface area contributed by atoms with Crippen LogP contribution in [0.4, 0.5) is 8.78 Å². The van der Waals surface area contributed by atoms with Gasteiger partial charge in [-0.2, -0.15) is 20.5 Å². The van der Waals surface area contributed by atoms with Crippen LogP contribution in [0.3, 0.4) is 0 Å². The van der Waals surface area contributed by atoms with Crippen molar-refractivity contribution in [1.82, 2.24) is 9.55 Å². The van der Waals surface area contributed by atoms with Crippen LogP contribution >= 0.6 is 11.8 Å². The molecule has 0 saturated carbocycles. The van der Waals surface area contributed by atoms with Crippen molar-refractivity contribution in [1.29, 1.82) is 0 Å². The minimum atomic E-state index is -2.58. The van der Waals surface area contributed by atoms with Crippen LogP contribution in [0.25, 0.3) is 0 Å². The second-order valence-electron chi connectivity index (χ2n) is 3.50. The van der Waals surface area contributed by atoms with Crippen LogP contribution in [0.2, 0.25) is 0 Å². The van der Waals surface area contributed by atoms with Gasteiger partial charge < -0.3 is 10.5 Å². The Hall–Kier alpha value is -1.15. The molecule has 18 heavy (non-hydrogen) atoms. The number of rotatable bonds is 7. The Bertz CT molecular complexity index is 387. The van der Waals surface area contributed by atoms with Crippen molar-refractivity contribution in [2.45, 2.75) is 24.8 Å². The van der Waals surface area contributed by atoms with Crippen molar-refractivity contribution in [2.75, 3.05) is 12.9 Å². The lowest BCUT2D eigenvalue weighted by atomic mass is 10.2. The Morgan fingerprint density at radius 2 is 2.39 bits per heavy atom. The number of carbonyl (C=O) groups excluding carboxylic acids is 1. The van der Waals surface area contributed by atoms with Gasteiger partial charge in [0, 0.05) is 12.4 Å². The Kier molecular flexibility index (Phi) is 6.06. The van der Waals surface area contributed by atoms with Crippen molar-refractivity contribution < 1.29 is 18.3 Å². The van der Waals surface area contributed by atoms with Gasteiger partial charge in [0.25, 0.3) is 0 Å². The molecule has 1 rings (SSSR count). The van der Waals surface area contributed by atoms with Gasteiger partial charge >= 0.3 is 12.5 Å². The average Bonchev–Trinajstić information content (AvgIpc) is 2.81. The molecule has 0 aliphatic carbocycles. The maximum absolute atomic E-state index is 12.5. The number of thioether (sulfide) groups is 1. The van der Waals surface area contributed by atoms with Crippen molar-refractivity contribution in [2.24, 2.45) is 5.73 Å². The highest BCUT2D eigenvalue weighted by molar-refractivity contribution is 7.98. The molecule has 0 saturated heterocycles. The molecule has 0 aliphatic rings. The van der Waals surface area contributed by atoms with E-state index in [-0.39, 0.29) is 0 Å². The van der Waals surface area contributed by atoms with E-state index < -0.39 is 18.6 Å². The predicted molar refractivity (Wildman–Crippen MR) is 64.3 cm³/mol. The monoisotopic (exact) mass is 279 g/mol. The number of aromatic nitrogens is 2. The summed E-state index contributed by atoms with van der Waals surface area (Å²) in [6.07, 6.45) is 3.01. The highest BCUT2D eigenvalue weighted by atomic mass is 32.2. The molecule has 1 aromatic rings. The molecule has 0 radical (unpaired) electrons. The molecule has 0 amide bonds. The third kappa shape index (κ3) is 4.26. The van der Waals surface area contributed by atoms with E-state index in [1.165, 1.54) is 31.3 Å². The van der Waals surface area contributed by atoms with Gasteiger partial charge in [0.15, 0.2) is 0 Å². The molecule has 8 heteroatoms. The zero-order valence-corrected chi connectivity index (χ0v) is 10.7. The minimum absolute atomic E-state index is 0.307. The molecule has 5 nitrogen and oxygen atoms in total. The third-order valence-corrected chi connectivity index (χ3v) is 3.25. The molecular weight excluding hydrogens is 264 g/mol. The molecule has 1 atom stereocenters. The molecule has 0 aliphatic heterocycles. The number of halogens is 2. The Balaban J connectivity index is 2.30. The number of nitrogens with zero attached hydrogens (tertiary/aromatic N) is 2. The average molecular weight is 279 g/mol. The molecule has 1 heterocycles. The lowest BCUT2D eigenvalue weighted by Gasteiger charge is -2.09. The molecule has 0 spiro atoms. The van der Waals surface area contributed by atoms with Crippen molar-refractivity contribution >= 4 is 17.7 Å². The first-order valence-electron chi connectivity index (χ1n) is 5.27. The number of imidazole rings is 1. The van der Waals surface area contributed by atoms with Gasteiger partial charge in [0.1, 0.15) is 11.9 Å². The highest BCUT2D eigenvalue weighted by Gasteiger charge is 2.14. The largest absolute Gasteiger partial charge is 0.468 e. The van der Waals surface area contributed by atoms with Gasteiger partial charge in [-0.25, -0.2) is 4.98 Å². The molecule has 2 N–H and O–H groups in total. The van der Waals surface area contributed by atoms with Crippen molar-refractivity contribution in [3.8, 4) is 0 Å².